The molecule has 6 heteroatoms. The van der Waals surface area contributed by atoms with E-state index in [4.69, 9.17) is 0 Å². The summed E-state index contributed by atoms with van der Waals surface area (Å²) in [5.74, 6) is -0.0742. The molecule has 0 aliphatic heterocycles. The largest absolute Gasteiger partial charge is 0.324 e. The number of quaternary nitrogens is 1. The lowest BCUT2D eigenvalue weighted by molar-refractivity contribution is -0.902. The molecule has 138 valence electrons. The highest BCUT2D eigenvalue weighted by Gasteiger charge is 2.21. The molecular weight excluding hydrogens is 330 g/mol. The van der Waals surface area contributed by atoms with Gasteiger partial charge in [-0.15, -0.1) is 0 Å². The molecule has 0 fully saturated rings. The summed E-state index contributed by atoms with van der Waals surface area (Å²) in [7, 11) is 1.91. The number of carbonyl (C=O) groups excluding carboxylic acids is 1. The quantitative estimate of drug-likeness (QED) is 0.617. The molecule has 0 aliphatic rings. The third-order valence-corrected chi connectivity index (χ3v) is 4.70. The summed E-state index contributed by atoms with van der Waals surface area (Å²) in [4.78, 5) is 24.0. The number of rotatable bonds is 6. The molecule has 2 aromatic rings. The van der Waals surface area contributed by atoms with E-state index in [1.54, 1.807) is 12.1 Å². The third-order valence-electron chi connectivity index (χ3n) is 4.70. The number of nitrogens with zero attached hydrogens (tertiary/aromatic N) is 1. The zero-order valence-corrected chi connectivity index (χ0v) is 15.9. The molecule has 0 spiro atoms. The maximum Gasteiger partial charge on any atom is 0.279 e. The van der Waals surface area contributed by atoms with E-state index in [-0.39, 0.29) is 24.2 Å². The maximum absolute atomic E-state index is 12.5. The first-order valence-corrected chi connectivity index (χ1v) is 8.63. The van der Waals surface area contributed by atoms with Gasteiger partial charge in [-0.1, -0.05) is 29.8 Å². The molecule has 1 amide bonds. The average Bonchev–Trinajstić information content (AvgIpc) is 2.57. The van der Waals surface area contributed by atoms with Gasteiger partial charge in [0, 0.05) is 23.4 Å². The molecule has 2 aromatic carbocycles. The van der Waals surface area contributed by atoms with Crippen LogP contribution in [0.15, 0.2) is 36.4 Å². The van der Waals surface area contributed by atoms with E-state index in [1.165, 1.54) is 11.6 Å². The van der Waals surface area contributed by atoms with Gasteiger partial charge in [0.25, 0.3) is 11.6 Å². The summed E-state index contributed by atoms with van der Waals surface area (Å²) in [5.41, 5.74) is 5.02. The predicted molar refractivity (Wildman–Crippen MR) is 103 cm³/mol. The van der Waals surface area contributed by atoms with E-state index in [2.05, 4.69) is 5.32 Å². The molecule has 0 saturated heterocycles. The summed E-state index contributed by atoms with van der Waals surface area (Å²) in [6.45, 7) is 8.24. The number of aryl methyl sites for hydroxylation is 3. The number of benzene rings is 2. The molecule has 2 atom stereocenters. The van der Waals surface area contributed by atoms with Gasteiger partial charge < -0.3 is 10.2 Å². The average molecular weight is 356 g/mol. The van der Waals surface area contributed by atoms with Crippen molar-refractivity contribution in [3.8, 4) is 0 Å². The molecule has 26 heavy (non-hydrogen) atoms. The van der Waals surface area contributed by atoms with E-state index in [1.807, 2.05) is 52.9 Å². The SMILES string of the molecule is Cc1cc(C)c(NC(=O)C[NH+](C)[C@H](C)c2cccc([N+](=O)[O-])c2)c(C)c1. The molecule has 6 nitrogen and oxygen atoms in total. The Kier molecular flexibility index (Phi) is 6.10. The van der Waals surface area contributed by atoms with Crippen molar-refractivity contribution in [3.63, 3.8) is 0 Å². The van der Waals surface area contributed by atoms with E-state index in [0.29, 0.717) is 0 Å². The van der Waals surface area contributed by atoms with Crippen LogP contribution in [0.1, 0.15) is 35.2 Å². The molecule has 0 bridgehead atoms. The minimum absolute atomic E-state index is 0.0409. The van der Waals surface area contributed by atoms with Gasteiger partial charge in [-0.3, -0.25) is 14.9 Å². The Balaban J connectivity index is 2.07. The van der Waals surface area contributed by atoms with Crippen LogP contribution in [-0.4, -0.2) is 24.4 Å². The van der Waals surface area contributed by atoms with E-state index in [0.717, 1.165) is 27.3 Å². The van der Waals surface area contributed by atoms with Gasteiger partial charge in [0.05, 0.1) is 12.0 Å². The van der Waals surface area contributed by atoms with Crippen LogP contribution in [0, 0.1) is 30.9 Å². The Labute approximate surface area is 154 Å². The Morgan fingerprint density at radius 2 is 1.81 bits per heavy atom. The van der Waals surface area contributed by atoms with Gasteiger partial charge in [0.1, 0.15) is 6.04 Å². The smallest absolute Gasteiger partial charge is 0.279 e. The third kappa shape index (κ3) is 4.67. The van der Waals surface area contributed by atoms with E-state index < -0.39 is 4.92 Å². The van der Waals surface area contributed by atoms with Gasteiger partial charge in [-0.05, 0) is 38.8 Å². The van der Waals surface area contributed by atoms with Crippen LogP contribution in [0.3, 0.4) is 0 Å². The lowest BCUT2D eigenvalue weighted by atomic mass is 10.0. The molecule has 0 heterocycles. The van der Waals surface area contributed by atoms with Crippen molar-refractivity contribution >= 4 is 17.3 Å². The zero-order valence-electron chi connectivity index (χ0n) is 15.9. The van der Waals surface area contributed by atoms with Crippen molar-refractivity contribution in [1.82, 2.24) is 0 Å². The molecule has 0 saturated carbocycles. The molecule has 1 unspecified atom stereocenters. The van der Waals surface area contributed by atoms with Crippen molar-refractivity contribution in [2.45, 2.75) is 33.7 Å². The van der Waals surface area contributed by atoms with Crippen molar-refractivity contribution in [1.29, 1.82) is 0 Å². The van der Waals surface area contributed by atoms with Gasteiger partial charge >= 0.3 is 0 Å². The number of nitro groups is 1. The Morgan fingerprint density at radius 3 is 2.38 bits per heavy atom. The van der Waals surface area contributed by atoms with Gasteiger partial charge in [-0.25, -0.2) is 0 Å². The number of non-ortho nitro benzene ring substituents is 1. The first-order valence-electron chi connectivity index (χ1n) is 8.63. The van der Waals surface area contributed by atoms with E-state index >= 15 is 0 Å². The van der Waals surface area contributed by atoms with Gasteiger partial charge in [0.15, 0.2) is 6.54 Å². The minimum atomic E-state index is -0.402. The highest BCUT2D eigenvalue weighted by atomic mass is 16.6. The summed E-state index contributed by atoms with van der Waals surface area (Å²) in [6, 6.07) is 10.6. The molecule has 0 aliphatic carbocycles. The lowest BCUT2D eigenvalue weighted by Gasteiger charge is -2.22. The number of nitro benzene ring substituents is 1. The zero-order chi connectivity index (χ0) is 19.4. The van der Waals surface area contributed by atoms with Crippen molar-refractivity contribution < 1.29 is 14.6 Å². The number of likely N-dealkylation sites (N-methyl/N-ethyl adjacent to an activating group) is 1. The number of nitrogens with one attached hydrogen (secondary N) is 2. The van der Waals surface area contributed by atoms with Crippen LogP contribution >= 0.6 is 0 Å². The number of carbonyl (C=O) groups is 1. The monoisotopic (exact) mass is 356 g/mol. The normalized spacial score (nSPS) is 13.1. The highest BCUT2D eigenvalue weighted by Crippen LogP contribution is 2.21. The van der Waals surface area contributed by atoms with Gasteiger partial charge in [0.2, 0.25) is 0 Å². The Bertz CT molecular complexity index is 810. The Morgan fingerprint density at radius 1 is 1.19 bits per heavy atom. The van der Waals surface area contributed by atoms with Crippen LogP contribution in [0.25, 0.3) is 0 Å². The fourth-order valence-electron chi connectivity index (χ4n) is 3.16. The van der Waals surface area contributed by atoms with Crippen LogP contribution in [0.2, 0.25) is 0 Å². The molecular formula is C20H26N3O3+. The summed E-state index contributed by atoms with van der Waals surface area (Å²) in [5, 5.41) is 14.0. The summed E-state index contributed by atoms with van der Waals surface area (Å²) >= 11 is 0. The second-order valence-corrected chi connectivity index (χ2v) is 6.92. The first kappa shape index (κ1) is 19.6. The lowest BCUT2D eigenvalue weighted by Crippen LogP contribution is -3.10. The van der Waals surface area contributed by atoms with E-state index in [9.17, 15) is 14.9 Å². The number of hydrogen-bond acceptors (Lipinski definition) is 3. The molecule has 0 aromatic heterocycles. The summed E-state index contributed by atoms with van der Waals surface area (Å²) < 4.78 is 0. The second-order valence-electron chi connectivity index (χ2n) is 6.92. The predicted octanol–water partition coefficient (Wildman–Crippen LogP) is 2.73. The molecule has 2 rings (SSSR count). The number of amides is 1. The van der Waals surface area contributed by atoms with Crippen LogP contribution in [0.4, 0.5) is 11.4 Å². The van der Waals surface area contributed by atoms with Crippen molar-refractivity contribution in [3.05, 3.63) is 68.8 Å². The topological polar surface area (TPSA) is 76.7 Å². The fourth-order valence-corrected chi connectivity index (χ4v) is 3.16. The molecule has 0 radical (unpaired) electrons. The van der Waals surface area contributed by atoms with Crippen LogP contribution < -0.4 is 10.2 Å². The number of hydrogen-bond donors (Lipinski definition) is 2. The standard InChI is InChI=1S/C20H25N3O3/c1-13-9-14(2)20(15(3)10-13)21-19(24)12-22(5)16(4)17-7-6-8-18(11-17)23(25)26/h6-11,16H,12H2,1-5H3,(H,21,24)/p+1/t16-/m1/s1. The first-order chi connectivity index (χ1) is 12.2. The fraction of sp³-hybridized carbons (Fsp3) is 0.350. The second kappa shape index (κ2) is 8.10. The summed E-state index contributed by atoms with van der Waals surface area (Å²) in [6.07, 6.45) is 0. The molecule has 2 N–H and O–H groups in total. The van der Waals surface area contributed by atoms with Crippen LogP contribution in [-0.2, 0) is 4.79 Å². The minimum Gasteiger partial charge on any atom is -0.324 e. The van der Waals surface area contributed by atoms with Gasteiger partial charge in [-0.2, -0.15) is 0 Å². The van der Waals surface area contributed by atoms with Crippen molar-refractivity contribution in [2.75, 3.05) is 18.9 Å². The number of anilines is 1. The van der Waals surface area contributed by atoms with Crippen LogP contribution in [0.5, 0.6) is 0 Å². The Hall–Kier alpha value is -2.73. The maximum atomic E-state index is 12.5. The highest BCUT2D eigenvalue weighted by molar-refractivity contribution is 5.93. The van der Waals surface area contributed by atoms with Crippen molar-refractivity contribution in [2.24, 2.45) is 0 Å².